The molecule has 3 atom stereocenters. The van der Waals surface area contributed by atoms with Crippen molar-refractivity contribution >= 4 is 37.7 Å². The van der Waals surface area contributed by atoms with Gasteiger partial charge in [-0.1, -0.05) is 48.5 Å². The number of imidazole rings is 1. The monoisotopic (exact) mass is 478 g/mol. The Balaban J connectivity index is 1.24. The number of ether oxygens (including phenoxy) is 1. The van der Waals surface area contributed by atoms with E-state index in [4.69, 9.17) is 4.74 Å². The van der Waals surface area contributed by atoms with E-state index in [0.29, 0.717) is 18.7 Å². The average Bonchev–Trinajstić information content (AvgIpc) is 3.40. The van der Waals surface area contributed by atoms with Gasteiger partial charge in [-0.2, -0.15) is 4.39 Å². The smallest absolute Gasteiger partial charge is 0.290 e. The molecule has 34 heavy (non-hydrogen) atoms. The molecule has 2 N–H and O–H groups in total. The van der Waals surface area contributed by atoms with E-state index < -0.39 is 6.08 Å². The third kappa shape index (κ3) is 4.21. The standard InChI is InChI=1S/C26H27FN4O2S/c27-25-28-20-14-17(23-7-3-4-12-33-23)9-11-21(20)31(25)15-16-8-10-19-24(13-16)34-26(30-19)29-18-5-1-2-6-22(18)32/h3-4,8-11,13-14,18,22-23,32H,1-2,5-7,12,15H2,(H,29,30). The molecule has 2 aromatic heterocycles. The molecule has 176 valence electrons. The molecule has 6 nitrogen and oxygen atoms in total. The second-order valence-corrected chi connectivity index (χ2v) is 10.2. The summed E-state index contributed by atoms with van der Waals surface area (Å²) in [6.07, 6.45) is 8.13. The Hall–Kier alpha value is -2.81. The highest BCUT2D eigenvalue weighted by molar-refractivity contribution is 7.22. The van der Waals surface area contributed by atoms with Crippen LogP contribution in [0.3, 0.4) is 0 Å². The molecule has 2 aliphatic rings. The lowest BCUT2D eigenvalue weighted by molar-refractivity contribution is 0.0678. The van der Waals surface area contributed by atoms with Gasteiger partial charge < -0.3 is 15.2 Å². The molecule has 1 saturated carbocycles. The predicted molar refractivity (Wildman–Crippen MR) is 133 cm³/mol. The van der Waals surface area contributed by atoms with E-state index >= 15 is 0 Å². The number of aliphatic hydroxyl groups excluding tert-OH is 1. The first-order valence-corrected chi connectivity index (χ1v) is 12.7. The first-order valence-electron chi connectivity index (χ1n) is 11.9. The number of nitrogens with zero attached hydrogens (tertiary/aromatic N) is 3. The van der Waals surface area contributed by atoms with Crippen molar-refractivity contribution in [3.63, 3.8) is 0 Å². The Labute approximate surface area is 201 Å². The summed E-state index contributed by atoms with van der Waals surface area (Å²) in [5, 5.41) is 14.5. The van der Waals surface area contributed by atoms with E-state index in [1.165, 1.54) is 0 Å². The summed E-state index contributed by atoms with van der Waals surface area (Å²) < 4.78 is 23.3. The van der Waals surface area contributed by atoms with Gasteiger partial charge in [-0.25, -0.2) is 9.97 Å². The van der Waals surface area contributed by atoms with Crippen molar-refractivity contribution in [2.75, 3.05) is 11.9 Å². The van der Waals surface area contributed by atoms with Gasteiger partial charge in [0, 0.05) is 0 Å². The van der Waals surface area contributed by atoms with Gasteiger partial charge in [-0.3, -0.25) is 4.57 Å². The predicted octanol–water partition coefficient (Wildman–Crippen LogP) is 5.57. The fraction of sp³-hybridized carbons (Fsp3) is 0.385. The minimum absolute atomic E-state index is 0.00567. The maximum atomic E-state index is 14.8. The van der Waals surface area contributed by atoms with Crippen LogP contribution in [0.15, 0.2) is 48.6 Å². The van der Waals surface area contributed by atoms with Crippen LogP contribution in [0.4, 0.5) is 9.52 Å². The summed E-state index contributed by atoms with van der Waals surface area (Å²) >= 11 is 1.57. The first kappa shape index (κ1) is 21.7. The van der Waals surface area contributed by atoms with Gasteiger partial charge in [0.15, 0.2) is 5.13 Å². The zero-order valence-electron chi connectivity index (χ0n) is 18.8. The SMILES string of the molecule is OC1CCCCC1Nc1nc2ccc(Cn3c(F)nc4cc(C5CC=CCO5)ccc43)cc2s1. The molecule has 1 aliphatic heterocycles. The van der Waals surface area contributed by atoms with Gasteiger partial charge in [-0.05, 0) is 54.7 Å². The second-order valence-electron chi connectivity index (χ2n) is 9.17. The molecule has 3 heterocycles. The van der Waals surface area contributed by atoms with E-state index in [9.17, 15) is 9.50 Å². The number of fused-ring (bicyclic) bond motifs is 2. The zero-order valence-corrected chi connectivity index (χ0v) is 19.6. The molecular formula is C26H27FN4O2S. The maximum Gasteiger partial charge on any atom is 0.290 e. The van der Waals surface area contributed by atoms with Crippen molar-refractivity contribution in [3.8, 4) is 0 Å². The summed E-state index contributed by atoms with van der Waals surface area (Å²) in [4.78, 5) is 8.87. The Morgan fingerprint density at radius 2 is 2.00 bits per heavy atom. The Morgan fingerprint density at radius 1 is 1.09 bits per heavy atom. The highest BCUT2D eigenvalue weighted by Crippen LogP contribution is 2.31. The number of halogens is 1. The molecule has 0 bridgehead atoms. The molecular weight excluding hydrogens is 451 g/mol. The van der Waals surface area contributed by atoms with E-state index in [1.807, 2.05) is 36.4 Å². The summed E-state index contributed by atoms with van der Waals surface area (Å²) in [6.45, 7) is 0.992. The summed E-state index contributed by atoms with van der Waals surface area (Å²) in [7, 11) is 0. The molecule has 1 aliphatic carbocycles. The summed E-state index contributed by atoms with van der Waals surface area (Å²) in [6, 6.07) is 12.0. The van der Waals surface area contributed by atoms with Crippen LogP contribution >= 0.6 is 11.3 Å². The Bertz CT molecular complexity index is 1360. The molecule has 0 amide bonds. The highest BCUT2D eigenvalue weighted by atomic mass is 32.1. The van der Waals surface area contributed by atoms with Crippen LogP contribution < -0.4 is 5.32 Å². The third-order valence-corrected chi connectivity index (χ3v) is 7.79. The van der Waals surface area contributed by atoms with Gasteiger partial charge in [0.1, 0.15) is 0 Å². The van der Waals surface area contributed by atoms with Gasteiger partial charge in [0.2, 0.25) is 0 Å². The fourth-order valence-corrected chi connectivity index (χ4v) is 5.97. The van der Waals surface area contributed by atoms with E-state index in [0.717, 1.165) is 64.1 Å². The Kier molecular flexibility index (Phi) is 5.80. The minimum Gasteiger partial charge on any atom is -0.391 e. The maximum absolute atomic E-state index is 14.8. The molecule has 1 fully saturated rings. The van der Waals surface area contributed by atoms with E-state index in [1.54, 1.807) is 15.9 Å². The van der Waals surface area contributed by atoms with Crippen molar-refractivity contribution in [2.45, 2.75) is 56.9 Å². The van der Waals surface area contributed by atoms with Crippen molar-refractivity contribution in [1.82, 2.24) is 14.5 Å². The fourth-order valence-electron chi connectivity index (χ4n) is 4.98. The van der Waals surface area contributed by atoms with Crippen LogP contribution in [0.2, 0.25) is 0 Å². The molecule has 0 saturated heterocycles. The molecule has 4 aromatic rings. The molecule has 0 spiro atoms. The van der Waals surface area contributed by atoms with E-state index in [-0.39, 0.29) is 18.2 Å². The number of thiazole rings is 1. The number of aliphatic hydroxyl groups is 1. The third-order valence-electron chi connectivity index (χ3n) is 6.84. The second kappa shape index (κ2) is 9.09. The summed E-state index contributed by atoms with van der Waals surface area (Å²) in [5.74, 6) is 0. The first-order chi connectivity index (χ1) is 16.6. The molecule has 0 radical (unpaired) electrons. The largest absolute Gasteiger partial charge is 0.391 e. The quantitative estimate of drug-likeness (QED) is 0.367. The number of benzene rings is 2. The average molecular weight is 479 g/mol. The van der Waals surface area contributed by atoms with Gasteiger partial charge in [-0.15, -0.1) is 0 Å². The Morgan fingerprint density at radius 3 is 2.85 bits per heavy atom. The lowest BCUT2D eigenvalue weighted by Gasteiger charge is -2.27. The van der Waals surface area contributed by atoms with Gasteiger partial charge >= 0.3 is 0 Å². The summed E-state index contributed by atoms with van der Waals surface area (Å²) in [5.41, 5.74) is 4.33. The lowest BCUT2D eigenvalue weighted by atomic mass is 9.93. The minimum atomic E-state index is -0.491. The number of rotatable bonds is 5. The van der Waals surface area contributed by atoms with Gasteiger partial charge in [0.05, 0.1) is 52.7 Å². The molecule has 8 heteroatoms. The van der Waals surface area contributed by atoms with Crippen molar-refractivity contribution in [2.24, 2.45) is 0 Å². The van der Waals surface area contributed by atoms with Crippen LogP contribution in [-0.2, 0) is 11.3 Å². The van der Waals surface area contributed by atoms with Crippen LogP contribution in [0.5, 0.6) is 0 Å². The van der Waals surface area contributed by atoms with Crippen LogP contribution in [-0.4, -0.2) is 38.4 Å². The molecule has 6 rings (SSSR count). The van der Waals surface area contributed by atoms with Crippen LogP contribution in [0.1, 0.15) is 49.3 Å². The number of anilines is 1. The van der Waals surface area contributed by atoms with Crippen molar-refractivity contribution in [3.05, 3.63) is 65.8 Å². The molecule has 3 unspecified atom stereocenters. The number of hydrogen-bond donors (Lipinski definition) is 2. The van der Waals surface area contributed by atoms with Crippen LogP contribution in [0.25, 0.3) is 21.3 Å². The van der Waals surface area contributed by atoms with Crippen molar-refractivity contribution in [1.29, 1.82) is 0 Å². The highest BCUT2D eigenvalue weighted by Gasteiger charge is 2.24. The van der Waals surface area contributed by atoms with E-state index in [2.05, 4.69) is 27.4 Å². The zero-order chi connectivity index (χ0) is 23.1. The topological polar surface area (TPSA) is 72.2 Å². The van der Waals surface area contributed by atoms with Crippen molar-refractivity contribution < 1.29 is 14.2 Å². The number of nitrogens with one attached hydrogen (secondary N) is 1. The lowest BCUT2D eigenvalue weighted by Crippen LogP contribution is -2.36. The number of aromatic nitrogens is 3. The number of hydrogen-bond acceptors (Lipinski definition) is 6. The van der Waals surface area contributed by atoms with Crippen LogP contribution in [0, 0.1) is 6.08 Å². The van der Waals surface area contributed by atoms with Gasteiger partial charge in [0.25, 0.3) is 6.08 Å². The normalized spacial score (nSPS) is 23.1. The molecule has 2 aromatic carbocycles.